The third kappa shape index (κ3) is 1.83. The van der Waals surface area contributed by atoms with Crippen LogP contribution in [-0.2, 0) is 0 Å². The molecule has 0 fully saturated rings. The van der Waals surface area contributed by atoms with Crippen molar-refractivity contribution >= 4 is 15.9 Å². The van der Waals surface area contributed by atoms with Crippen molar-refractivity contribution < 1.29 is 14.6 Å². The van der Waals surface area contributed by atoms with Gasteiger partial charge in [-0.3, -0.25) is 0 Å². The van der Waals surface area contributed by atoms with Crippen LogP contribution < -0.4 is 0 Å². The molecule has 12 heavy (non-hydrogen) atoms. The summed E-state index contributed by atoms with van der Waals surface area (Å²) >= 11 is 3.08. The zero-order valence-corrected chi connectivity index (χ0v) is 7.75. The van der Waals surface area contributed by atoms with E-state index in [0.717, 1.165) is 0 Å². The maximum absolute atomic E-state index is 13.0. The first-order valence-electron chi connectivity index (χ1n) is 3.39. The van der Waals surface area contributed by atoms with Crippen molar-refractivity contribution in [2.45, 2.75) is 6.10 Å². The van der Waals surface area contributed by atoms with Gasteiger partial charge in [0.15, 0.2) is 0 Å². The van der Waals surface area contributed by atoms with Crippen molar-refractivity contribution in [1.29, 1.82) is 0 Å². The second-order valence-electron chi connectivity index (χ2n) is 2.33. The van der Waals surface area contributed by atoms with Crippen LogP contribution in [0.15, 0.2) is 22.7 Å². The van der Waals surface area contributed by atoms with Crippen molar-refractivity contribution in [2.75, 3.05) is 6.61 Å². The Kier molecular flexibility index (Phi) is 3.20. The summed E-state index contributed by atoms with van der Waals surface area (Å²) in [5, 5.41) is 17.8. The highest BCUT2D eigenvalue weighted by molar-refractivity contribution is 9.10. The minimum Gasteiger partial charge on any atom is -0.393 e. The highest BCUT2D eigenvalue weighted by Gasteiger charge is 2.14. The lowest BCUT2D eigenvalue weighted by atomic mass is 10.1. The molecule has 0 aliphatic rings. The standard InChI is InChI=1S/C8H8BrFO2/c9-5-2-1-3-6(10)8(5)7(12)4-11/h1-3,7,11-12H,4H2. The van der Waals surface area contributed by atoms with Gasteiger partial charge in [0.1, 0.15) is 11.9 Å². The van der Waals surface area contributed by atoms with Crippen LogP contribution in [-0.4, -0.2) is 16.8 Å². The summed E-state index contributed by atoms with van der Waals surface area (Å²) in [4.78, 5) is 0. The SMILES string of the molecule is OCC(O)c1c(F)cccc1Br. The van der Waals surface area contributed by atoms with Gasteiger partial charge in [0.2, 0.25) is 0 Å². The number of halogens is 2. The lowest BCUT2D eigenvalue weighted by Gasteiger charge is -2.10. The second kappa shape index (κ2) is 3.98. The molecule has 0 heterocycles. The molecular weight excluding hydrogens is 227 g/mol. The molecular formula is C8H8BrFO2. The van der Waals surface area contributed by atoms with E-state index in [4.69, 9.17) is 5.11 Å². The predicted octanol–water partition coefficient (Wildman–Crippen LogP) is 1.61. The highest BCUT2D eigenvalue weighted by atomic mass is 79.9. The Morgan fingerprint density at radius 3 is 2.67 bits per heavy atom. The number of hydrogen-bond donors (Lipinski definition) is 2. The monoisotopic (exact) mass is 234 g/mol. The minimum atomic E-state index is -1.17. The van der Waals surface area contributed by atoms with Crippen molar-refractivity contribution in [1.82, 2.24) is 0 Å². The number of aliphatic hydroxyl groups excluding tert-OH is 2. The van der Waals surface area contributed by atoms with E-state index in [1.807, 2.05) is 0 Å². The molecule has 66 valence electrons. The fraction of sp³-hybridized carbons (Fsp3) is 0.250. The maximum Gasteiger partial charge on any atom is 0.130 e. The topological polar surface area (TPSA) is 40.5 Å². The molecule has 0 spiro atoms. The van der Waals surface area contributed by atoms with Gasteiger partial charge in [0.25, 0.3) is 0 Å². The fourth-order valence-electron chi connectivity index (χ4n) is 0.920. The number of benzene rings is 1. The van der Waals surface area contributed by atoms with Crippen LogP contribution in [0.3, 0.4) is 0 Å². The van der Waals surface area contributed by atoms with Crippen molar-refractivity contribution in [3.63, 3.8) is 0 Å². The Bertz CT molecular complexity index is 258. The Hall–Kier alpha value is -0.450. The van der Waals surface area contributed by atoms with E-state index in [9.17, 15) is 9.50 Å². The van der Waals surface area contributed by atoms with Crippen LogP contribution in [0.2, 0.25) is 0 Å². The minimum absolute atomic E-state index is 0.0972. The molecule has 1 atom stereocenters. The molecule has 0 saturated heterocycles. The van der Waals surface area contributed by atoms with E-state index < -0.39 is 18.5 Å². The molecule has 1 unspecified atom stereocenters. The van der Waals surface area contributed by atoms with Crippen LogP contribution in [0.5, 0.6) is 0 Å². The van der Waals surface area contributed by atoms with Gasteiger partial charge in [-0.1, -0.05) is 22.0 Å². The van der Waals surface area contributed by atoms with Gasteiger partial charge < -0.3 is 10.2 Å². The molecule has 2 nitrogen and oxygen atoms in total. The van der Waals surface area contributed by atoms with Crippen LogP contribution >= 0.6 is 15.9 Å². The maximum atomic E-state index is 13.0. The van der Waals surface area contributed by atoms with Crippen molar-refractivity contribution in [2.24, 2.45) is 0 Å². The molecule has 0 saturated carbocycles. The molecule has 1 aromatic rings. The summed E-state index contributed by atoms with van der Waals surface area (Å²) in [6, 6.07) is 4.36. The molecule has 0 bridgehead atoms. The Morgan fingerprint density at radius 1 is 1.50 bits per heavy atom. The quantitative estimate of drug-likeness (QED) is 0.817. The molecule has 2 N–H and O–H groups in total. The molecule has 0 amide bonds. The molecule has 0 aliphatic carbocycles. The molecule has 0 aliphatic heterocycles. The van der Waals surface area contributed by atoms with Gasteiger partial charge in [0, 0.05) is 10.0 Å². The summed E-state index contributed by atoms with van der Waals surface area (Å²) in [6.07, 6.45) is -1.17. The summed E-state index contributed by atoms with van der Waals surface area (Å²) in [7, 11) is 0. The lowest BCUT2D eigenvalue weighted by molar-refractivity contribution is 0.0920. The van der Waals surface area contributed by atoms with Crippen LogP contribution in [0.4, 0.5) is 4.39 Å². The lowest BCUT2D eigenvalue weighted by Crippen LogP contribution is -2.05. The van der Waals surface area contributed by atoms with Gasteiger partial charge >= 0.3 is 0 Å². The van der Waals surface area contributed by atoms with Gasteiger partial charge in [-0.2, -0.15) is 0 Å². The average molecular weight is 235 g/mol. The zero-order valence-electron chi connectivity index (χ0n) is 6.17. The van der Waals surface area contributed by atoms with E-state index in [-0.39, 0.29) is 5.56 Å². The van der Waals surface area contributed by atoms with Gasteiger partial charge in [-0.15, -0.1) is 0 Å². The summed E-state index contributed by atoms with van der Waals surface area (Å²) in [5.41, 5.74) is 0.0972. The van der Waals surface area contributed by atoms with E-state index in [1.165, 1.54) is 12.1 Å². The largest absolute Gasteiger partial charge is 0.393 e. The van der Waals surface area contributed by atoms with E-state index in [0.29, 0.717) is 4.47 Å². The molecule has 1 rings (SSSR count). The third-order valence-corrected chi connectivity index (χ3v) is 2.20. The predicted molar refractivity (Wildman–Crippen MR) is 46.1 cm³/mol. The first kappa shape index (κ1) is 9.64. The van der Waals surface area contributed by atoms with E-state index in [2.05, 4.69) is 15.9 Å². The average Bonchev–Trinajstić information content (AvgIpc) is 2.03. The highest BCUT2D eigenvalue weighted by Crippen LogP contribution is 2.25. The second-order valence-corrected chi connectivity index (χ2v) is 3.19. The van der Waals surface area contributed by atoms with E-state index in [1.54, 1.807) is 6.07 Å². The number of hydrogen-bond acceptors (Lipinski definition) is 2. The molecule has 1 aromatic carbocycles. The summed E-state index contributed by atoms with van der Waals surface area (Å²) < 4.78 is 13.4. The number of aliphatic hydroxyl groups is 2. The van der Waals surface area contributed by atoms with Crippen molar-refractivity contribution in [3.8, 4) is 0 Å². The number of rotatable bonds is 2. The van der Waals surface area contributed by atoms with Crippen LogP contribution in [0, 0.1) is 5.82 Å². The fourth-order valence-corrected chi connectivity index (χ4v) is 1.53. The Morgan fingerprint density at radius 2 is 2.17 bits per heavy atom. The Labute approximate surface area is 77.8 Å². The smallest absolute Gasteiger partial charge is 0.130 e. The van der Waals surface area contributed by atoms with Crippen LogP contribution in [0.1, 0.15) is 11.7 Å². The first-order valence-corrected chi connectivity index (χ1v) is 4.19. The normalized spacial score (nSPS) is 13.0. The van der Waals surface area contributed by atoms with E-state index >= 15 is 0 Å². The molecule has 4 heteroatoms. The third-order valence-electron chi connectivity index (χ3n) is 1.51. The Balaban J connectivity index is 3.12. The van der Waals surface area contributed by atoms with Gasteiger partial charge in [-0.05, 0) is 12.1 Å². The van der Waals surface area contributed by atoms with Crippen LogP contribution in [0.25, 0.3) is 0 Å². The van der Waals surface area contributed by atoms with Crippen molar-refractivity contribution in [3.05, 3.63) is 34.1 Å². The molecule has 0 aromatic heterocycles. The van der Waals surface area contributed by atoms with Gasteiger partial charge in [-0.25, -0.2) is 4.39 Å². The molecule has 0 radical (unpaired) electrons. The summed E-state index contributed by atoms with van der Waals surface area (Å²) in [5.74, 6) is -0.522. The zero-order chi connectivity index (χ0) is 9.14. The van der Waals surface area contributed by atoms with Gasteiger partial charge in [0.05, 0.1) is 6.61 Å². The first-order chi connectivity index (χ1) is 5.66. The summed E-state index contributed by atoms with van der Waals surface area (Å²) in [6.45, 7) is -0.487.